The van der Waals surface area contributed by atoms with Gasteiger partial charge in [0.1, 0.15) is 5.75 Å². The molecule has 0 spiro atoms. The Morgan fingerprint density at radius 2 is 1.91 bits per heavy atom. The third kappa shape index (κ3) is 1.95. The summed E-state index contributed by atoms with van der Waals surface area (Å²) in [4.78, 5) is 0. The van der Waals surface area contributed by atoms with Crippen molar-refractivity contribution in [1.29, 1.82) is 0 Å². The number of hydrogen-bond acceptors (Lipinski definition) is 2. The summed E-state index contributed by atoms with van der Waals surface area (Å²) >= 11 is 0. The predicted molar refractivity (Wildman–Crippen MR) is 43.7 cm³/mol. The molecule has 0 saturated carbocycles. The molecule has 60 valence electrons. The van der Waals surface area contributed by atoms with E-state index in [0.717, 1.165) is 11.3 Å². The zero-order chi connectivity index (χ0) is 8.10. The smallest absolute Gasteiger partial charge is 0.124 e. The van der Waals surface area contributed by atoms with Crippen molar-refractivity contribution in [1.82, 2.24) is 0 Å². The molecular formula is C9H12O2. The highest BCUT2D eigenvalue weighted by Gasteiger charge is 1.98. The summed E-state index contributed by atoms with van der Waals surface area (Å²) in [5.41, 5.74) is 1.08. The lowest BCUT2D eigenvalue weighted by atomic mass is 10.2. The van der Waals surface area contributed by atoms with E-state index in [2.05, 4.69) is 0 Å². The van der Waals surface area contributed by atoms with Crippen LogP contribution in [0.3, 0.4) is 0 Å². The average Bonchev–Trinajstić information content (AvgIpc) is 2.06. The summed E-state index contributed by atoms with van der Waals surface area (Å²) in [5.74, 6) is 0.884. The first-order valence-electron chi connectivity index (χ1n) is 3.49. The summed E-state index contributed by atoms with van der Waals surface area (Å²) in [6.07, 6.45) is 0. The molecule has 2 nitrogen and oxygen atoms in total. The van der Waals surface area contributed by atoms with Gasteiger partial charge in [-0.15, -0.1) is 0 Å². The molecule has 0 atom stereocenters. The molecule has 0 aliphatic carbocycles. The average molecular weight is 152 g/mol. The fourth-order valence-electron chi connectivity index (χ4n) is 0.978. The van der Waals surface area contributed by atoms with Crippen LogP contribution in [0, 0.1) is 0 Å². The van der Waals surface area contributed by atoms with Gasteiger partial charge in [-0.25, -0.2) is 0 Å². The van der Waals surface area contributed by atoms with Gasteiger partial charge in [0.25, 0.3) is 0 Å². The molecule has 0 radical (unpaired) electrons. The molecule has 0 amide bonds. The van der Waals surface area contributed by atoms with Gasteiger partial charge in [-0.05, 0) is 6.07 Å². The van der Waals surface area contributed by atoms with Crippen LogP contribution in [0.5, 0.6) is 5.75 Å². The molecule has 0 saturated heterocycles. The van der Waals surface area contributed by atoms with Crippen LogP contribution in [0.25, 0.3) is 0 Å². The van der Waals surface area contributed by atoms with E-state index in [1.807, 2.05) is 24.3 Å². The second-order valence-corrected chi connectivity index (χ2v) is 2.24. The quantitative estimate of drug-likeness (QED) is 0.658. The highest BCUT2D eigenvalue weighted by Crippen LogP contribution is 2.17. The third-order valence-corrected chi connectivity index (χ3v) is 1.49. The van der Waals surface area contributed by atoms with E-state index in [9.17, 15) is 0 Å². The zero-order valence-corrected chi connectivity index (χ0v) is 6.83. The van der Waals surface area contributed by atoms with Crippen LogP contribution in [0.15, 0.2) is 24.3 Å². The molecule has 0 aromatic heterocycles. The maximum atomic E-state index is 5.12. The summed E-state index contributed by atoms with van der Waals surface area (Å²) in [5, 5.41) is 0. The highest BCUT2D eigenvalue weighted by molar-refractivity contribution is 5.32. The number of benzene rings is 1. The molecule has 1 rings (SSSR count). The molecule has 0 fully saturated rings. The van der Waals surface area contributed by atoms with Crippen molar-refractivity contribution < 1.29 is 9.47 Å². The molecule has 0 unspecified atom stereocenters. The van der Waals surface area contributed by atoms with Gasteiger partial charge in [0.2, 0.25) is 0 Å². The fraction of sp³-hybridized carbons (Fsp3) is 0.333. The molecule has 0 aliphatic rings. The highest BCUT2D eigenvalue weighted by atomic mass is 16.5. The van der Waals surface area contributed by atoms with Crippen molar-refractivity contribution in [3.63, 3.8) is 0 Å². The second kappa shape index (κ2) is 3.98. The van der Waals surface area contributed by atoms with Crippen molar-refractivity contribution in [2.24, 2.45) is 0 Å². The molecule has 1 aromatic carbocycles. The number of rotatable bonds is 3. The molecule has 0 bridgehead atoms. The standard InChI is InChI=1S/C9H12O2/c1-10-7-8-5-3-4-6-9(8)11-2/h3-6H,7H2,1-2H3. The number of methoxy groups -OCH3 is 2. The van der Waals surface area contributed by atoms with Crippen LogP contribution in [-0.4, -0.2) is 14.2 Å². The van der Waals surface area contributed by atoms with E-state index in [1.54, 1.807) is 14.2 Å². The van der Waals surface area contributed by atoms with E-state index in [-0.39, 0.29) is 0 Å². The van der Waals surface area contributed by atoms with Crippen LogP contribution in [0.2, 0.25) is 0 Å². The Bertz CT molecular complexity index is 221. The number of ether oxygens (including phenoxy) is 2. The summed E-state index contributed by atoms with van der Waals surface area (Å²) in [6, 6.07) is 7.82. The van der Waals surface area contributed by atoms with Crippen molar-refractivity contribution in [3.05, 3.63) is 29.8 Å². The topological polar surface area (TPSA) is 18.5 Å². The van der Waals surface area contributed by atoms with Gasteiger partial charge in [-0.3, -0.25) is 0 Å². The monoisotopic (exact) mass is 152 g/mol. The molecular weight excluding hydrogens is 140 g/mol. The first-order valence-corrected chi connectivity index (χ1v) is 3.49. The Morgan fingerprint density at radius 3 is 2.55 bits per heavy atom. The van der Waals surface area contributed by atoms with E-state index < -0.39 is 0 Å². The Labute approximate surface area is 66.8 Å². The minimum Gasteiger partial charge on any atom is -0.496 e. The lowest BCUT2D eigenvalue weighted by Crippen LogP contribution is -1.92. The van der Waals surface area contributed by atoms with Crippen LogP contribution in [0.1, 0.15) is 5.56 Å². The van der Waals surface area contributed by atoms with E-state index >= 15 is 0 Å². The Morgan fingerprint density at radius 1 is 1.18 bits per heavy atom. The second-order valence-electron chi connectivity index (χ2n) is 2.24. The predicted octanol–water partition coefficient (Wildman–Crippen LogP) is 1.84. The largest absolute Gasteiger partial charge is 0.496 e. The maximum Gasteiger partial charge on any atom is 0.124 e. The fourth-order valence-corrected chi connectivity index (χ4v) is 0.978. The first-order chi connectivity index (χ1) is 5.38. The van der Waals surface area contributed by atoms with E-state index in [0.29, 0.717) is 6.61 Å². The van der Waals surface area contributed by atoms with E-state index in [1.165, 1.54) is 0 Å². The maximum absolute atomic E-state index is 5.12. The summed E-state index contributed by atoms with van der Waals surface area (Å²) in [7, 11) is 3.33. The molecule has 11 heavy (non-hydrogen) atoms. The normalized spacial score (nSPS) is 9.64. The van der Waals surface area contributed by atoms with Gasteiger partial charge in [-0.1, -0.05) is 18.2 Å². The lowest BCUT2D eigenvalue weighted by molar-refractivity contribution is 0.181. The molecule has 0 N–H and O–H groups in total. The van der Waals surface area contributed by atoms with Crippen LogP contribution in [0.4, 0.5) is 0 Å². The van der Waals surface area contributed by atoms with Gasteiger partial charge in [0.15, 0.2) is 0 Å². The minimum absolute atomic E-state index is 0.601. The molecule has 0 aliphatic heterocycles. The van der Waals surface area contributed by atoms with Gasteiger partial charge < -0.3 is 9.47 Å². The van der Waals surface area contributed by atoms with Crippen molar-refractivity contribution in [2.45, 2.75) is 6.61 Å². The van der Waals surface area contributed by atoms with Gasteiger partial charge in [-0.2, -0.15) is 0 Å². The first kappa shape index (κ1) is 8.08. The van der Waals surface area contributed by atoms with Crippen molar-refractivity contribution >= 4 is 0 Å². The zero-order valence-electron chi connectivity index (χ0n) is 6.83. The lowest BCUT2D eigenvalue weighted by Gasteiger charge is -2.05. The van der Waals surface area contributed by atoms with Crippen molar-refractivity contribution in [2.75, 3.05) is 14.2 Å². The number of hydrogen-bond donors (Lipinski definition) is 0. The Kier molecular flexibility index (Phi) is 2.93. The van der Waals surface area contributed by atoms with Gasteiger partial charge in [0, 0.05) is 12.7 Å². The number of para-hydroxylation sites is 1. The minimum atomic E-state index is 0.601. The van der Waals surface area contributed by atoms with E-state index in [4.69, 9.17) is 9.47 Å². The third-order valence-electron chi connectivity index (χ3n) is 1.49. The summed E-state index contributed by atoms with van der Waals surface area (Å²) in [6.45, 7) is 0.601. The Hall–Kier alpha value is -1.02. The van der Waals surface area contributed by atoms with Crippen molar-refractivity contribution in [3.8, 4) is 5.75 Å². The molecule has 0 heterocycles. The van der Waals surface area contributed by atoms with Gasteiger partial charge >= 0.3 is 0 Å². The van der Waals surface area contributed by atoms with Crippen LogP contribution < -0.4 is 4.74 Å². The van der Waals surface area contributed by atoms with Gasteiger partial charge in [0.05, 0.1) is 13.7 Å². The summed E-state index contributed by atoms with van der Waals surface area (Å²) < 4.78 is 10.1. The Balaban J connectivity index is 2.83. The molecule has 2 heteroatoms. The SMILES string of the molecule is COCc1ccccc1OC. The molecule has 1 aromatic rings. The van der Waals surface area contributed by atoms with Crippen LogP contribution >= 0.6 is 0 Å². The van der Waals surface area contributed by atoms with Crippen LogP contribution in [-0.2, 0) is 11.3 Å².